The number of hydrogen-bond acceptors (Lipinski definition) is 2. The van der Waals surface area contributed by atoms with Crippen molar-refractivity contribution in [2.24, 2.45) is 0 Å². The summed E-state index contributed by atoms with van der Waals surface area (Å²) in [6.07, 6.45) is 4.43. The minimum Gasteiger partial charge on any atom is -0.334 e. The number of amides is 3. The summed E-state index contributed by atoms with van der Waals surface area (Å²) in [5.41, 5.74) is 1.76. The summed E-state index contributed by atoms with van der Waals surface area (Å²) in [5, 5.41) is 7.92. The van der Waals surface area contributed by atoms with Gasteiger partial charge in [0.1, 0.15) is 5.82 Å². The van der Waals surface area contributed by atoms with Gasteiger partial charge in [0.25, 0.3) is 0 Å². The Morgan fingerprint density at radius 1 is 1.04 bits per heavy atom. The van der Waals surface area contributed by atoms with Crippen LogP contribution in [0, 0.1) is 5.82 Å². The minimum atomic E-state index is -0.359. The Hall–Kier alpha value is -3.41. The lowest BCUT2D eigenvalue weighted by Gasteiger charge is -2.07. The van der Waals surface area contributed by atoms with Gasteiger partial charge >= 0.3 is 6.03 Å². The maximum atomic E-state index is 13.1. The van der Waals surface area contributed by atoms with Crippen LogP contribution in [0.25, 0.3) is 6.08 Å². The normalized spacial score (nSPS) is 10.3. The zero-order valence-electron chi connectivity index (χ0n) is 13.5. The van der Waals surface area contributed by atoms with Crippen molar-refractivity contribution in [3.05, 3.63) is 78.6 Å². The summed E-state index contributed by atoms with van der Waals surface area (Å²) in [6, 6.07) is 12.3. The first-order valence-corrected chi connectivity index (χ1v) is 7.57. The van der Waals surface area contributed by atoms with Gasteiger partial charge < -0.3 is 16.0 Å². The fourth-order valence-electron chi connectivity index (χ4n) is 1.94. The van der Waals surface area contributed by atoms with E-state index in [2.05, 4.69) is 22.5 Å². The molecule has 0 aliphatic heterocycles. The van der Waals surface area contributed by atoms with Crippen LogP contribution in [0.1, 0.15) is 5.56 Å². The largest absolute Gasteiger partial charge is 0.334 e. The third kappa shape index (κ3) is 6.31. The summed E-state index contributed by atoms with van der Waals surface area (Å²) in [7, 11) is 0. The Labute approximate surface area is 145 Å². The van der Waals surface area contributed by atoms with Crippen molar-refractivity contribution in [2.45, 2.75) is 0 Å². The number of anilines is 2. The molecule has 5 nitrogen and oxygen atoms in total. The van der Waals surface area contributed by atoms with E-state index in [1.54, 1.807) is 42.5 Å². The third-order valence-corrected chi connectivity index (χ3v) is 3.09. The number of rotatable bonds is 6. The van der Waals surface area contributed by atoms with Crippen molar-refractivity contribution >= 4 is 29.4 Å². The van der Waals surface area contributed by atoms with Gasteiger partial charge in [-0.3, -0.25) is 4.79 Å². The van der Waals surface area contributed by atoms with Crippen LogP contribution in [0.3, 0.4) is 0 Å². The lowest BCUT2D eigenvalue weighted by Crippen LogP contribution is -2.28. The number of carbonyl (C=O) groups excluding carboxylic acids is 2. The molecular formula is C19H18FN3O2. The van der Waals surface area contributed by atoms with Crippen molar-refractivity contribution in [3.63, 3.8) is 0 Å². The molecule has 0 bridgehead atoms. The second kappa shape index (κ2) is 9.02. The Morgan fingerprint density at radius 2 is 1.72 bits per heavy atom. The lowest BCUT2D eigenvalue weighted by molar-refractivity contribution is -0.111. The molecule has 2 aromatic rings. The molecular weight excluding hydrogens is 321 g/mol. The van der Waals surface area contributed by atoms with Gasteiger partial charge in [0.15, 0.2) is 0 Å². The maximum absolute atomic E-state index is 13.1. The quantitative estimate of drug-likeness (QED) is 0.554. The molecule has 3 N–H and O–H groups in total. The monoisotopic (exact) mass is 339 g/mol. The van der Waals surface area contributed by atoms with E-state index in [1.807, 2.05) is 0 Å². The molecule has 0 aliphatic carbocycles. The van der Waals surface area contributed by atoms with E-state index in [9.17, 15) is 14.0 Å². The van der Waals surface area contributed by atoms with Crippen molar-refractivity contribution < 1.29 is 14.0 Å². The van der Waals surface area contributed by atoms with Crippen LogP contribution in [0.15, 0.2) is 67.3 Å². The van der Waals surface area contributed by atoms with Crippen LogP contribution in [0.2, 0.25) is 0 Å². The third-order valence-electron chi connectivity index (χ3n) is 3.09. The molecule has 0 unspecified atom stereocenters. The zero-order valence-corrected chi connectivity index (χ0v) is 13.5. The van der Waals surface area contributed by atoms with Gasteiger partial charge in [-0.25, -0.2) is 9.18 Å². The fourth-order valence-corrected chi connectivity index (χ4v) is 1.94. The first-order chi connectivity index (χ1) is 12.1. The van der Waals surface area contributed by atoms with Crippen molar-refractivity contribution in [1.82, 2.24) is 5.32 Å². The van der Waals surface area contributed by atoms with Gasteiger partial charge in [0.05, 0.1) is 0 Å². The smallest absolute Gasteiger partial charge is 0.319 e. The van der Waals surface area contributed by atoms with Crippen molar-refractivity contribution in [2.75, 3.05) is 17.2 Å². The lowest BCUT2D eigenvalue weighted by atomic mass is 10.2. The van der Waals surface area contributed by atoms with E-state index < -0.39 is 0 Å². The predicted octanol–water partition coefficient (Wildman–Crippen LogP) is 3.79. The number of carbonyl (C=O) groups is 2. The van der Waals surface area contributed by atoms with Gasteiger partial charge in [-0.05, 0) is 48.0 Å². The van der Waals surface area contributed by atoms with Crippen LogP contribution in [-0.2, 0) is 4.79 Å². The highest BCUT2D eigenvalue weighted by Crippen LogP contribution is 2.14. The number of hydrogen-bond donors (Lipinski definition) is 3. The maximum Gasteiger partial charge on any atom is 0.319 e. The summed E-state index contributed by atoms with van der Waals surface area (Å²) in [4.78, 5) is 23.4. The molecule has 0 saturated heterocycles. The molecule has 0 heterocycles. The number of urea groups is 1. The Balaban J connectivity index is 1.88. The van der Waals surface area contributed by atoms with Gasteiger partial charge in [0.2, 0.25) is 5.91 Å². The van der Waals surface area contributed by atoms with Crippen LogP contribution in [-0.4, -0.2) is 18.5 Å². The van der Waals surface area contributed by atoms with Crippen molar-refractivity contribution in [1.29, 1.82) is 0 Å². The van der Waals surface area contributed by atoms with Crippen molar-refractivity contribution in [3.8, 4) is 0 Å². The molecule has 3 amide bonds. The highest BCUT2D eigenvalue weighted by molar-refractivity contribution is 6.02. The molecule has 0 aromatic heterocycles. The molecule has 25 heavy (non-hydrogen) atoms. The van der Waals surface area contributed by atoms with Crippen LogP contribution >= 0.6 is 0 Å². The van der Waals surface area contributed by atoms with E-state index in [-0.39, 0.29) is 17.8 Å². The zero-order chi connectivity index (χ0) is 18.1. The van der Waals surface area contributed by atoms with E-state index >= 15 is 0 Å². The Morgan fingerprint density at radius 3 is 2.36 bits per heavy atom. The minimum absolute atomic E-state index is 0.338. The van der Waals surface area contributed by atoms with E-state index in [4.69, 9.17) is 0 Å². The van der Waals surface area contributed by atoms with E-state index in [0.29, 0.717) is 23.5 Å². The molecule has 0 atom stereocenters. The van der Waals surface area contributed by atoms with Crippen LogP contribution < -0.4 is 16.0 Å². The molecule has 2 aromatic carbocycles. The Bertz CT molecular complexity index is 786. The summed E-state index contributed by atoms with van der Waals surface area (Å²) in [5.74, 6) is -0.698. The van der Waals surface area contributed by atoms with Gasteiger partial charge in [-0.2, -0.15) is 0 Å². The topological polar surface area (TPSA) is 70.2 Å². The fraction of sp³-hybridized carbons (Fsp3) is 0.0526. The van der Waals surface area contributed by atoms with Crippen LogP contribution in [0.5, 0.6) is 0 Å². The summed E-state index contributed by atoms with van der Waals surface area (Å²) in [6.45, 7) is 3.88. The molecule has 128 valence electrons. The highest BCUT2D eigenvalue weighted by atomic mass is 19.1. The molecule has 0 spiro atoms. The number of nitrogens with one attached hydrogen (secondary N) is 3. The van der Waals surface area contributed by atoms with E-state index in [0.717, 1.165) is 0 Å². The summed E-state index contributed by atoms with van der Waals surface area (Å²) >= 11 is 0. The first kappa shape index (κ1) is 17.9. The standard InChI is InChI=1S/C19H18FN3O2/c1-2-12-21-19(25)23-17-9-7-16(8-10-17)22-18(24)11-6-14-4-3-5-15(20)13-14/h2-11,13H,1,12H2,(H,22,24)(H2,21,23,25)/b11-6+. The average molecular weight is 339 g/mol. The van der Waals surface area contributed by atoms with Gasteiger partial charge in [0, 0.05) is 24.0 Å². The predicted molar refractivity (Wildman–Crippen MR) is 97.7 cm³/mol. The average Bonchev–Trinajstić information content (AvgIpc) is 2.60. The second-order valence-electron chi connectivity index (χ2n) is 5.08. The molecule has 6 heteroatoms. The molecule has 0 fully saturated rings. The SMILES string of the molecule is C=CCNC(=O)Nc1ccc(NC(=O)/C=C/c2cccc(F)c2)cc1. The second-order valence-corrected chi connectivity index (χ2v) is 5.08. The molecule has 2 rings (SSSR count). The van der Waals surface area contributed by atoms with E-state index in [1.165, 1.54) is 24.3 Å². The highest BCUT2D eigenvalue weighted by Gasteiger charge is 2.02. The molecule has 0 saturated carbocycles. The Kier molecular flexibility index (Phi) is 6.47. The van der Waals surface area contributed by atoms with Gasteiger partial charge in [-0.1, -0.05) is 18.2 Å². The van der Waals surface area contributed by atoms with Gasteiger partial charge in [-0.15, -0.1) is 6.58 Å². The summed E-state index contributed by atoms with van der Waals surface area (Å²) < 4.78 is 13.1. The molecule has 0 aliphatic rings. The number of benzene rings is 2. The number of halogens is 1. The first-order valence-electron chi connectivity index (χ1n) is 7.57. The van der Waals surface area contributed by atoms with Crippen LogP contribution in [0.4, 0.5) is 20.6 Å². The molecule has 0 radical (unpaired) electrons.